The molecule has 2 aromatic heterocycles. The summed E-state index contributed by atoms with van der Waals surface area (Å²) in [5.41, 5.74) is 1.44. The number of aromatic nitrogens is 1. The number of aromatic amines is 1. The fourth-order valence-corrected chi connectivity index (χ4v) is 1.60. The second kappa shape index (κ2) is 2.48. The summed E-state index contributed by atoms with van der Waals surface area (Å²) in [5.74, 6) is 0. The van der Waals surface area contributed by atoms with Crippen LogP contribution < -0.4 is 5.56 Å². The van der Waals surface area contributed by atoms with Crippen LogP contribution in [0.1, 0.15) is 5.56 Å². The van der Waals surface area contributed by atoms with E-state index in [-0.39, 0.29) is 5.56 Å². The molecule has 0 fully saturated rings. The van der Waals surface area contributed by atoms with Crippen LogP contribution in [0.3, 0.4) is 0 Å². The summed E-state index contributed by atoms with van der Waals surface area (Å²) in [6.45, 7) is 1.88. The molecule has 12 heavy (non-hydrogen) atoms. The zero-order chi connectivity index (χ0) is 8.72. The number of rotatable bonds is 0. The Bertz CT molecular complexity index is 483. The molecule has 0 unspecified atom stereocenters. The van der Waals surface area contributed by atoms with E-state index in [1.165, 1.54) is 6.26 Å². The lowest BCUT2D eigenvalue weighted by Gasteiger charge is -1.91. The van der Waals surface area contributed by atoms with E-state index >= 15 is 0 Å². The number of pyridine rings is 1. The van der Waals surface area contributed by atoms with E-state index in [1.807, 2.05) is 6.92 Å². The van der Waals surface area contributed by atoms with Gasteiger partial charge in [0, 0.05) is 11.8 Å². The minimum atomic E-state index is -0.128. The van der Waals surface area contributed by atoms with Crippen LogP contribution in [-0.4, -0.2) is 4.98 Å². The number of hydrogen-bond acceptors (Lipinski definition) is 2. The lowest BCUT2D eigenvalue weighted by molar-refractivity contribution is 0.610. The molecule has 0 radical (unpaired) electrons. The SMILES string of the molecule is Cc1c[nH]c(=O)c2c(Br)coc12. The van der Waals surface area contributed by atoms with E-state index < -0.39 is 0 Å². The largest absolute Gasteiger partial charge is 0.463 e. The van der Waals surface area contributed by atoms with Crippen LogP contribution in [0.2, 0.25) is 0 Å². The first kappa shape index (κ1) is 7.61. The minimum absolute atomic E-state index is 0.128. The fourth-order valence-electron chi connectivity index (χ4n) is 1.15. The van der Waals surface area contributed by atoms with E-state index in [0.29, 0.717) is 15.4 Å². The normalized spacial score (nSPS) is 10.8. The maximum atomic E-state index is 11.3. The molecule has 0 amide bonds. The van der Waals surface area contributed by atoms with Crippen LogP contribution >= 0.6 is 15.9 Å². The lowest BCUT2D eigenvalue weighted by Crippen LogP contribution is -2.04. The van der Waals surface area contributed by atoms with Crippen molar-refractivity contribution in [3.05, 3.63) is 32.8 Å². The quantitative estimate of drug-likeness (QED) is 0.751. The van der Waals surface area contributed by atoms with Crippen LogP contribution in [0.5, 0.6) is 0 Å². The lowest BCUT2D eigenvalue weighted by atomic mass is 10.2. The summed E-state index contributed by atoms with van der Waals surface area (Å²) in [7, 11) is 0. The highest BCUT2D eigenvalue weighted by atomic mass is 79.9. The van der Waals surface area contributed by atoms with Crippen molar-refractivity contribution < 1.29 is 4.42 Å². The molecule has 0 aliphatic carbocycles. The third-order valence-corrected chi connectivity index (χ3v) is 2.33. The molecule has 0 saturated heterocycles. The van der Waals surface area contributed by atoms with Crippen LogP contribution in [0.15, 0.2) is 26.1 Å². The molecule has 2 aromatic rings. The molecule has 62 valence electrons. The Morgan fingerprint density at radius 2 is 2.33 bits per heavy atom. The van der Waals surface area contributed by atoms with Crippen LogP contribution in [-0.2, 0) is 0 Å². The van der Waals surface area contributed by atoms with Gasteiger partial charge >= 0.3 is 0 Å². The first-order valence-corrected chi connectivity index (χ1v) is 4.24. The van der Waals surface area contributed by atoms with E-state index in [2.05, 4.69) is 20.9 Å². The molecule has 0 atom stereocenters. The van der Waals surface area contributed by atoms with Crippen molar-refractivity contribution in [2.24, 2.45) is 0 Å². The summed E-state index contributed by atoms with van der Waals surface area (Å²) in [5, 5.41) is 0.579. The Morgan fingerprint density at radius 3 is 3.00 bits per heavy atom. The molecule has 2 rings (SSSR count). The molecule has 0 aromatic carbocycles. The molecule has 0 saturated carbocycles. The van der Waals surface area contributed by atoms with Gasteiger partial charge in [0.05, 0.1) is 9.86 Å². The number of aryl methyl sites for hydroxylation is 1. The van der Waals surface area contributed by atoms with E-state index in [9.17, 15) is 4.79 Å². The summed E-state index contributed by atoms with van der Waals surface area (Å²) in [4.78, 5) is 13.9. The summed E-state index contributed by atoms with van der Waals surface area (Å²) in [6.07, 6.45) is 3.16. The Balaban J connectivity index is 3.09. The maximum absolute atomic E-state index is 11.3. The predicted octanol–water partition coefficient (Wildman–Crippen LogP) is 2.19. The number of furan rings is 1. The van der Waals surface area contributed by atoms with Gasteiger partial charge in [-0.15, -0.1) is 0 Å². The first-order chi connectivity index (χ1) is 5.70. The van der Waals surface area contributed by atoms with Crippen LogP contribution in [0.25, 0.3) is 11.0 Å². The smallest absolute Gasteiger partial charge is 0.260 e. The van der Waals surface area contributed by atoms with Crippen LogP contribution in [0, 0.1) is 6.92 Å². The molecule has 0 spiro atoms. The topological polar surface area (TPSA) is 46.0 Å². The van der Waals surface area contributed by atoms with Gasteiger partial charge in [0.25, 0.3) is 5.56 Å². The van der Waals surface area contributed by atoms with Gasteiger partial charge in [0.15, 0.2) is 0 Å². The Morgan fingerprint density at radius 1 is 1.58 bits per heavy atom. The van der Waals surface area contributed by atoms with Gasteiger partial charge in [-0.25, -0.2) is 0 Å². The fraction of sp³-hybridized carbons (Fsp3) is 0.125. The Labute approximate surface area is 76.5 Å². The zero-order valence-electron chi connectivity index (χ0n) is 6.35. The van der Waals surface area contributed by atoms with Crippen molar-refractivity contribution in [3.8, 4) is 0 Å². The highest BCUT2D eigenvalue weighted by Crippen LogP contribution is 2.24. The summed E-state index contributed by atoms with van der Waals surface area (Å²) < 4.78 is 5.89. The van der Waals surface area contributed by atoms with Crippen molar-refractivity contribution in [2.45, 2.75) is 6.92 Å². The Hall–Kier alpha value is -1.03. The second-order valence-electron chi connectivity index (χ2n) is 2.59. The van der Waals surface area contributed by atoms with Crippen molar-refractivity contribution in [1.82, 2.24) is 4.98 Å². The molecule has 1 N–H and O–H groups in total. The van der Waals surface area contributed by atoms with Gasteiger partial charge < -0.3 is 9.40 Å². The van der Waals surface area contributed by atoms with Crippen LogP contribution in [0.4, 0.5) is 0 Å². The van der Waals surface area contributed by atoms with Gasteiger partial charge in [0.2, 0.25) is 0 Å². The average molecular weight is 228 g/mol. The van der Waals surface area contributed by atoms with E-state index in [4.69, 9.17) is 4.42 Å². The zero-order valence-corrected chi connectivity index (χ0v) is 7.94. The number of hydrogen-bond donors (Lipinski definition) is 1. The van der Waals surface area contributed by atoms with Crippen molar-refractivity contribution in [1.29, 1.82) is 0 Å². The molecular formula is C8H6BrNO2. The van der Waals surface area contributed by atoms with Gasteiger partial charge in [0.1, 0.15) is 11.8 Å². The number of halogens is 1. The number of fused-ring (bicyclic) bond motifs is 1. The van der Waals surface area contributed by atoms with Gasteiger partial charge in [-0.2, -0.15) is 0 Å². The molecular weight excluding hydrogens is 222 g/mol. The number of nitrogens with one attached hydrogen (secondary N) is 1. The van der Waals surface area contributed by atoms with E-state index in [0.717, 1.165) is 5.56 Å². The highest BCUT2D eigenvalue weighted by molar-refractivity contribution is 9.10. The second-order valence-corrected chi connectivity index (χ2v) is 3.44. The first-order valence-electron chi connectivity index (χ1n) is 3.45. The standard InChI is InChI=1S/C8H6BrNO2/c1-4-2-10-8(11)6-5(9)3-12-7(4)6/h2-3H,1H3,(H,10,11). The molecule has 0 bridgehead atoms. The van der Waals surface area contributed by atoms with Crippen molar-refractivity contribution in [2.75, 3.05) is 0 Å². The van der Waals surface area contributed by atoms with Gasteiger partial charge in [-0.1, -0.05) is 0 Å². The maximum Gasteiger partial charge on any atom is 0.260 e. The third-order valence-electron chi connectivity index (χ3n) is 1.75. The summed E-state index contributed by atoms with van der Waals surface area (Å²) >= 11 is 3.24. The van der Waals surface area contributed by atoms with Crippen molar-refractivity contribution in [3.63, 3.8) is 0 Å². The molecule has 3 nitrogen and oxygen atoms in total. The van der Waals surface area contributed by atoms with E-state index in [1.54, 1.807) is 6.20 Å². The monoisotopic (exact) mass is 227 g/mol. The number of H-pyrrole nitrogens is 1. The molecule has 0 aliphatic rings. The minimum Gasteiger partial charge on any atom is -0.463 e. The molecule has 2 heterocycles. The van der Waals surface area contributed by atoms with Gasteiger partial charge in [-0.05, 0) is 22.9 Å². The molecule has 4 heteroatoms. The average Bonchev–Trinajstić information content (AvgIpc) is 2.42. The Kier molecular flexibility index (Phi) is 1.58. The summed E-state index contributed by atoms with van der Waals surface area (Å²) in [6, 6.07) is 0. The third kappa shape index (κ3) is 0.914. The predicted molar refractivity (Wildman–Crippen MR) is 49.3 cm³/mol. The highest BCUT2D eigenvalue weighted by Gasteiger charge is 2.08. The molecule has 0 aliphatic heterocycles. The van der Waals surface area contributed by atoms with Crippen molar-refractivity contribution >= 4 is 26.9 Å². The van der Waals surface area contributed by atoms with Gasteiger partial charge in [-0.3, -0.25) is 4.79 Å².